The van der Waals surface area contributed by atoms with Gasteiger partial charge in [-0.3, -0.25) is 0 Å². The molecule has 0 unspecified atom stereocenters. The van der Waals surface area contributed by atoms with E-state index in [1.807, 2.05) is 24.0 Å². The number of rotatable bonds is 1. The zero-order chi connectivity index (χ0) is 10.1. The molecule has 0 N–H and O–H groups in total. The third kappa shape index (κ3) is 1.79. The van der Waals surface area contributed by atoms with Crippen molar-refractivity contribution in [2.24, 2.45) is 7.05 Å². The molecule has 2 radical (unpaired) electrons. The summed E-state index contributed by atoms with van der Waals surface area (Å²) in [5, 5.41) is 4.19. The summed E-state index contributed by atoms with van der Waals surface area (Å²) in [4.78, 5) is 0. The van der Waals surface area contributed by atoms with Gasteiger partial charge in [-0.1, -0.05) is 0 Å². The standard InChI is InChI=1S/C10H8AsBrN2/c1-14-10(9(12)6-13-14)7-3-2-4-8(11)5-7/h2-6H,1H3. The Morgan fingerprint density at radius 3 is 2.79 bits per heavy atom. The number of hydrogen-bond acceptors (Lipinski definition) is 1. The Morgan fingerprint density at radius 1 is 1.43 bits per heavy atom. The van der Waals surface area contributed by atoms with Crippen LogP contribution in [0.1, 0.15) is 0 Å². The van der Waals surface area contributed by atoms with E-state index in [2.05, 4.69) is 56.1 Å². The zero-order valence-corrected chi connectivity index (χ0v) is 11.1. The van der Waals surface area contributed by atoms with E-state index >= 15 is 0 Å². The van der Waals surface area contributed by atoms with Gasteiger partial charge in [-0.25, -0.2) is 0 Å². The van der Waals surface area contributed by atoms with Gasteiger partial charge in [-0.2, -0.15) is 0 Å². The molecular formula is C10H8AsBrN2. The van der Waals surface area contributed by atoms with Crippen LogP contribution in [0.4, 0.5) is 0 Å². The summed E-state index contributed by atoms with van der Waals surface area (Å²) in [5.41, 5.74) is 2.29. The van der Waals surface area contributed by atoms with Gasteiger partial charge in [0.2, 0.25) is 0 Å². The minimum atomic E-state index is 1.03. The summed E-state index contributed by atoms with van der Waals surface area (Å²) in [6, 6.07) is 8.32. The summed E-state index contributed by atoms with van der Waals surface area (Å²) < 4.78 is 4.09. The van der Waals surface area contributed by atoms with Crippen molar-refractivity contribution < 1.29 is 0 Å². The van der Waals surface area contributed by atoms with Gasteiger partial charge in [0.25, 0.3) is 0 Å². The molecule has 0 saturated heterocycles. The molecule has 14 heavy (non-hydrogen) atoms. The second-order valence-corrected chi connectivity index (χ2v) is 4.95. The van der Waals surface area contributed by atoms with E-state index in [4.69, 9.17) is 0 Å². The molecule has 0 aliphatic heterocycles. The predicted octanol–water partition coefficient (Wildman–Crippen LogP) is 1.64. The summed E-state index contributed by atoms with van der Waals surface area (Å²) in [7, 11) is 1.94. The molecule has 1 aromatic carbocycles. The second-order valence-electron chi connectivity index (χ2n) is 3.02. The Hall–Kier alpha value is -0.532. The molecule has 1 aromatic heterocycles. The predicted molar refractivity (Wildman–Crippen MR) is 61.7 cm³/mol. The number of hydrogen-bond donors (Lipinski definition) is 0. The van der Waals surface area contributed by atoms with Crippen molar-refractivity contribution in [2.75, 3.05) is 0 Å². The average Bonchev–Trinajstić information content (AvgIpc) is 2.46. The molecule has 2 nitrogen and oxygen atoms in total. The number of halogens is 1. The van der Waals surface area contributed by atoms with Crippen LogP contribution in [0.15, 0.2) is 34.9 Å². The van der Waals surface area contributed by atoms with Crippen LogP contribution >= 0.6 is 15.9 Å². The molecule has 70 valence electrons. The molecule has 0 spiro atoms. The third-order valence-corrected chi connectivity index (χ3v) is 3.18. The van der Waals surface area contributed by atoms with Crippen LogP contribution in [0, 0.1) is 0 Å². The first-order chi connectivity index (χ1) is 6.68. The van der Waals surface area contributed by atoms with E-state index in [0.717, 1.165) is 10.2 Å². The Labute approximate surface area is 99.9 Å². The Kier molecular flexibility index (Phi) is 2.80. The van der Waals surface area contributed by atoms with E-state index in [1.54, 1.807) is 0 Å². The molecule has 1 heterocycles. The number of aryl methyl sites for hydroxylation is 1. The molecule has 0 aliphatic carbocycles. The second kappa shape index (κ2) is 3.91. The fraction of sp³-hybridized carbons (Fsp3) is 0.100. The molecule has 0 aliphatic rings. The number of benzene rings is 1. The van der Waals surface area contributed by atoms with E-state index in [9.17, 15) is 0 Å². The van der Waals surface area contributed by atoms with Gasteiger partial charge in [0.05, 0.1) is 0 Å². The SMILES string of the molecule is Cn1ncc(Br)c1-c1cccc([As])c1. The summed E-state index contributed by atoms with van der Waals surface area (Å²) in [6.45, 7) is 0. The van der Waals surface area contributed by atoms with Crippen molar-refractivity contribution in [3.63, 3.8) is 0 Å². The van der Waals surface area contributed by atoms with E-state index in [1.165, 1.54) is 9.91 Å². The van der Waals surface area contributed by atoms with Gasteiger partial charge < -0.3 is 0 Å². The van der Waals surface area contributed by atoms with Gasteiger partial charge in [0.1, 0.15) is 0 Å². The summed E-state index contributed by atoms with van der Waals surface area (Å²) in [6.07, 6.45) is 1.81. The van der Waals surface area contributed by atoms with Crippen LogP contribution in [0.25, 0.3) is 11.3 Å². The van der Waals surface area contributed by atoms with Crippen LogP contribution in [0.5, 0.6) is 0 Å². The maximum atomic E-state index is 4.19. The topological polar surface area (TPSA) is 17.8 Å². The molecule has 2 aromatic rings. The van der Waals surface area contributed by atoms with Gasteiger partial charge >= 0.3 is 100 Å². The Morgan fingerprint density at radius 2 is 2.21 bits per heavy atom. The first-order valence-corrected chi connectivity index (χ1v) is 5.88. The number of nitrogens with zero attached hydrogens (tertiary/aromatic N) is 2. The molecule has 4 heteroatoms. The van der Waals surface area contributed by atoms with Crippen molar-refractivity contribution in [1.29, 1.82) is 0 Å². The molecule has 0 atom stereocenters. The van der Waals surface area contributed by atoms with Crippen molar-refractivity contribution >= 4 is 37.1 Å². The monoisotopic (exact) mass is 310 g/mol. The van der Waals surface area contributed by atoms with Crippen molar-refractivity contribution in [1.82, 2.24) is 9.78 Å². The van der Waals surface area contributed by atoms with Crippen molar-refractivity contribution in [3.05, 3.63) is 34.9 Å². The Balaban J connectivity index is 2.59. The molecule has 0 fully saturated rings. The van der Waals surface area contributed by atoms with Crippen molar-refractivity contribution in [3.8, 4) is 11.3 Å². The van der Waals surface area contributed by atoms with Crippen LogP contribution < -0.4 is 4.35 Å². The van der Waals surface area contributed by atoms with Gasteiger partial charge in [-0.05, 0) is 0 Å². The van der Waals surface area contributed by atoms with Crippen molar-refractivity contribution in [2.45, 2.75) is 0 Å². The molecule has 2 rings (SSSR count). The minimum absolute atomic E-state index is 1.03. The van der Waals surface area contributed by atoms with E-state index in [0.29, 0.717) is 0 Å². The third-order valence-electron chi connectivity index (χ3n) is 2.01. The first kappa shape index (κ1) is 10.0. The van der Waals surface area contributed by atoms with Gasteiger partial charge in [0.15, 0.2) is 0 Å². The van der Waals surface area contributed by atoms with E-state index in [-0.39, 0.29) is 0 Å². The fourth-order valence-electron chi connectivity index (χ4n) is 1.39. The quantitative estimate of drug-likeness (QED) is 0.732. The zero-order valence-electron chi connectivity index (χ0n) is 7.61. The van der Waals surface area contributed by atoms with E-state index < -0.39 is 0 Å². The fourth-order valence-corrected chi connectivity index (χ4v) is 2.44. The first-order valence-electron chi connectivity index (χ1n) is 4.15. The van der Waals surface area contributed by atoms with Gasteiger partial charge in [0, 0.05) is 0 Å². The summed E-state index contributed by atoms with van der Waals surface area (Å²) >= 11 is 6.03. The van der Waals surface area contributed by atoms with Crippen LogP contribution in [-0.4, -0.2) is 26.6 Å². The molecular weight excluding hydrogens is 303 g/mol. The molecule has 0 saturated carbocycles. The maximum absolute atomic E-state index is 4.19. The molecule has 0 amide bonds. The number of aromatic nitrogens is 2. The van der Waals surface area contributed by atoms with Crippen LogP contribution in [-0.2, 0) is 7.05 Å². The van der Waals surface area contributed by atoms with Crippen LogP contribution in [0.3, 0.4) is 0 Å². The normalized spacial score (nSPS) is 10.5. The molecule has 0 bridgehead atoms. The van der Waals surface area contributed by atoms with Crippen LogP contribution in [0.2, 0.25) is 0 Å². The summed E-state index contributed by atoms with van der Waals surface area (Å²) in [5.74, 6) is 0. The van der Waals surface area contributed by atoms with Gasteiger partial charge in [-0.15, -0.1) is 0 Å². The Bertz CT molecular complexity index is 445. The average molecular weight is 311 g/mol.